The van der Waals surface area contributed by atoms with E-state index in [-0.39, 0.29) is 48.2 Å². The van der Waals surface area contributed by atoms with Crippen LogP contribution < -0.4 is 0 Å². The van der Waals surface area contributed by atoms with Gasteiger partial charge in [0.15, 0.2) is 0 Å². The average Bonchev–Trinajstić information content (AvgIpc) is 2.34. The van der Waals surface area contributed by atoms with E-state index in [9.17, 15) is 8.42 Å². The van der Waals surface area contributed by atoms with Crippen LogP contribution in [0.4, 0.5) is 0 Å². The molecule has 19 heavy (non-hydrogen) atoms. The number of hydrogen-bond donors (Lipinski definition) is 1. The van der Waals surface area contributed by atoms with Crippen LogP contribution >= 0.6 is 0 Å². The number of para-hydroxylation sites is 3. The van der Waals surface area contributed by atoms with E-state index < -0.39 is 10.1 Å². The molecular formula is C12H10CaN2O3S. The number of fused-ring (bicyclic) bond motifs is 2. The van der Waals surface area contributed by atoms with Gasteiger partial charge in [0.1, 0.15) is 10.4 Å². The van der Waals surface area contributed by atoms with Gasteiger partial charge in [0.2, 0.25) is 0 Å². The van der Waals surface area contributed by atoms with E-state index in [1.165, 1.54) is 12.1 Å². The first-order valence-corrected chi connectivity index (χ1v) is 6.63. The Balaban J connectivity index is 0.00000133. The van der Waals surface area contributed by atoms with Crippen LogP contribution in [0.3, 0.4) is 0 Å². The molecule has 0 atom stereocenters. The van der Waals surface area contributed by atoms with Gasteiger partial charge in [0, 0.05) is 0 Å². The zero-order valence-corrected chi connectivity index (χ0v) is 9.92. The molecule has 0 aliphatic heterocycles. The second-order valence-corrected chi connectivity index (χ2v) is 5.20. The maximum atomic E-state index is 11.3. The number of benzene rings is 2. The molecule has 1 aromatic heterocycles. The Morgan fingerprint density at radius 1 is 0.842 bits per heavy atom. The Bertz CT molecular complexity index is 865. The van der Waals surface area contributed by atoms with Crippen molar-refractivity contribution < 1.29 is 13.0 Å². The van der Waals surface area contributed by atoms with Gasteiger partial charge in [0.05, 0.1) is 16.6 Å². The molecular weight excluding hydrogens is 292 g/mol. The van der Waals surface area contributed by atoms with Gasteiger partial charge >= 0.3 is 37.7 Å². The molecule has 2 aromatic carbocycles. The van der Waals surface area contributed by atoms with Crippen molar-refractivity contribution in [1.29, 1.82) is 0 Å². The Morgan fingerprint density at radius 3 is 2.05 bits per heavy atom. The van der Waals surface area contributed by atoms with Gasteiger partial charge in [-0.05, 0) is 24.3 Å². The fourth-order valence-corrected chi connectivity index (χ4v) is 2.47. The first-order chi connectivity index (χ1) is 8.55. The summed E-state index contributed by atoms with van der Waals surface area (Å²) in [6, 6.07) is 11.6. The Kier molecular flexibility index (Phi) is 4.08. The molecule has 0 spiro atoms. The van der Waals surface area contributed by atoms with Crippen molar-refractivity contribution >= 4 is 69.9 Å². The summed E-state index contributed by atoms with van der Waals surface area (Å²) in [6.45, 7) is 0. The fraction of sp³-hybridized carbons (Fsp3) is 0. The quantitative estimate of drug-likeness (QED) is 0.414. The molecule has 94 valence electrons. The molecule has 1 N–H and O–H groups in total. The van der Waals surface area contributed by atoms with Crippen LogP contribution in [0.25, 0.3) is 22.1 Å². The molecule has 3 aromatic rings. The molecule has 1 heterocycles. The zero-order chi connectivity index (χ0) is 12.8. The van der Waals surface area contributed by atoms with Crippen LogP contribution in [0, 0.1) is 0 Å². The zero-order valence-electron chi connectivity index (χ0n) is 9.11. The predicted octanol–water partition coefficient (Wildman–Crippen LogP) is 1.11. The SMILES string of the molecule is O=S(=O)(O)c1cccc2nc3ccccc3nc12.[CaH2]. The molecule has 0 aliphatic rings. The predicted molar refractivity (Wildman–Crippen MR) is 75.4 cm³/mol. The van der Waals surface area contributed by atoms with Crippen molar-refractivity contribution in [2.45, 2.75) is 4.90 Å². The number of nitrogens with zero attached hydrogens (tertiary/aromatic N) is 2. The van der Waals surface area contributed by atoms with Crippen molar-refractivity contribution in [3.63, 3.8) is 0 Å². The van der Waals surface area contributed by atoms with Crippen LogP contribution in [-0.4, -0.2) is 60.7 Å². The van der Waals surface area contributed by atoms with Gasteiger partial charge in [-0.15, -0.1) is 0 Å². The van der Waals surface area contributed by atoms with E-state index in [1.807, 2.05) is 6.07 Å². The third-order valence-corrected chi connectivity index (χ3v) is 3.50. The third-order valence-electron chi connectivity index (χ3n) is 2.61. The molecule has 3 rings (SSSR count). The molecule has 0 bridgehead atoms. The molecule has 0 fully saturated rings. The number of aromatic nitrogens is 2. The summed E-state index contributed by atoms with van der Waals surface area (Å²) in [6.07, 6.45) is 0. The van der Waals surface area contributed by atoms with Gasteiger partial charge in [-0.3, -0.25) is 4.55 Å². The van der Waals surface area contributed by atoms with Crippen LogP contribution in [0.15, 0.2) is 47.4 Å². The van der Waals surface area contributed by atoms with Gasteiger partial charge < -0.3 is 0 Å². The third kappa shape index (κ3) is 2.73. The Labute approximate surface area is 139 Å². The summed E-state index contributed by atoms with van der Waals surface area (Å²) in [7, 11) is -4.30. The Hall–Kier alpha value is -0.790. The van der Waals surface area contributed by atoms with E-state index in [0.29, 0.717) is 16.6 Å². The van der Waals surface area contributed by atoms with Crippen LogP contribution in [0.2, 0.25) is 0 Å². The van der Waals surface area contributed by atoms with Gasteiger partial charge in [-0.1, -0.05) is 18.2 Å². The second-order valence-electron chi connectivity index (χ2n) is 3.81. The maximum absolute atomic E-state index is 11.3. The molecule has 7 heteroatoms. The minimum atomic E-state index is -4.30. The molecule has 0 radical (unpaired) electrons. The fourth-order valence-electron chi connectivity index (χ4n) is 1.82. The topological polar surface area (TPSA) is 80.2 Å². The van der Waals surface area contributed by atoms with E-state index >= 15 is 0 Å². The molecule has 0 unspecified atom stereocenters. The summed E-state index contributed by atoms with van der Waals surface area (Å²) >= 11 is 0. The molecule has 5 nitrogen and oxygen atoms in total. The first kappa shape index (κ1) is 14.6. The van der Waals surface area contributed by atoms with Crippen LogP contribution in [-0.2, 0) is 10.1 Å². The van der Waals surface area contributed by atoms with E-state index in [0.717, 1.165) is 0 Å². The van der Waals surface area contributed by atoms with Crippen molar-refractivity contribution in [3.8, 4) is 0 Å². The van der Waals surface area contributed by atoms with E-state index in [2.05, 4.69) is 9.97 Å². The molecule has 0 saturated carbocycles. The van der Waals surface area contributed by atoms with Crippen molar-refractivity contribution in [2.75, 3.05) is 0 Å². The molecule has 0 amide bonds. The van der Waals surface area contributed by atoms with Crippen molar-refractivity contribution in [2.24, 2.45) is 0 Å². The average molecular weight is 302 g/mol. The van der Waals surface area contributed by atoms with Crippen LogP contribution in [0.1, 0.15) is 0 Å². The standard InChI is InChI=1S/C12H8N2O3S.Ca.2H/c15-18(16,17)11-7-3-6-10-12(11)14-9-5-2-1-4-8(9)13-10;;;/h1-7H,(H,15,16,17);;;. The first-order valence-electron chi connectivity index (χ1n) is 5.19. The van der Waals surface area contributed by atoms with Gasteiger partial charge in [0.25, 0.3) is 10.1 Å². The van der Waals surface area contributed by atoms with Crippen molar-refractivity contribution in [3.05, 3.63) is 42.5 Å². The minimum absolute atomic E-state index is 0. The summed E-state index contributed by atoms with van der Waals surface area (Å²) in [5, 5.41) is 0. The second kappa shape index (κ2) is 5.30. The summed E-state index contributed by atoms with van der Waals surface area (Å²) < 4.78 is 31.7. The van der Waals surface area contributed by atoms with Gasteiger partial charge in [-0.2, -0.15) is 8.42 Å². The van der Waals surface area contributed by atoms with Gasteiger partial charge in [-0.25, -0.2) is 9.97 Å². The molecule has 0 saturated heterocycles. The van der Waals surface area contributed by atoms with E-state index in [1.54, 1.807) is 24.3 Å². The molecule has 0 aliphatic carbocycles. The summed E-state index contributed by atoms with van der Waals surface area (Å²) in [4.78, 5) is 8.33. The summed E-state index contributed by atoms with van der Waals surface area (Å²) in [5.41, 5.74) is 1.88. The van der Waals surface area contributed by atoms with Crippen molar-refractivity contribution in [1.82, 2.24) is 9.97 Å². The van der Waals surface area contributed by atoms with E-state index in [4.69, 9.17) is 4.55 Å². The summed E-state index contributed by atoms with van der Waals surface area (Å²) in [5.74, 6) is 0. The van der Waals surface area contributed by atoms with Crippen LogP contribution in [0.5, 0.6) is 0 Å². The monoisotopic (exact) mass is 302 g/mol. The normalized spacial score (nSPS) is 11.4. The number of rotatable bonds is 1. The number of hydrogen-bond acceptors (Lipinski definition) is 4. The Morgan fingerprint density at radius 2 is 1.42 bits per heavy atom.